The molecule has 2 aliphatic heterocycles. The molecule has 0 N–H and O–H groups in total. The molecule has 2 saturated heterocycles. The summed E-state index contributed by atoms with van der Waals surface area (Å²) >= 11 is 0. The first kappa shape index (κ1) is 19.4. The van der Waals surface area contributed by atoms with Crippen molar-refractivity contribution >= 4 is 17.8 Å². The van der Waals surface area contributed by atoms with Crippen molar-refractivity contribution in [2.45, 2.75) is 39.2 Å². The number of rotatable bonds is 3. The van der Waals surface area contributed by atoms with Gasteiger partial charge in [-0.3, -0.25) is 9.59 Å². The maximum atomic E-state index is 13.1. The molecule has 2 heterocycles. The van der Waals surface area contributed by atoms with E-state index in [1.807, 2.05) is 23.6 Å². The summed E-state index contributed by atoms with van der Waals surface area (Å²) in [6, 6.07) is 6.87. The Bertz CT molecular complexity index is 731. The third-order valence-electron chi connectivity index (χ3n) is 5.67. The number of hydrogen-bond donors (Lipinski definition) is 0. The number of piperidine rings is 2. The highest BCUT2D eigenvalue weighted by molar-refractivity contribution is 5.98. The van der Waals surface area contributed by atoms with Gasteiger partial charge in [0.2, 0.25) is 5.91 Å². The number of nitrogens with zero attached hydrogens (tertiary/aromatic N) is 2. The Hall–Kier alpha value is -2.37. The van der Waals surface area contributed by atoms with Gasteiger partial charge in [-0.15, -0.1) is 0 Å². The first-order chi connectivity index (χ1) is 12.9. The van der Waals surface area contributed by atoms with Crippen LogP contribution >= 0.6 is 0 Å². The topological polar surface area (TPSA) is 66.9 Å². The molecule has 6 heteroatoms. The van der Waals surface area contributed by atoms with Crippen LogP contribution in [0.15, 0.2) is 24.3 Å². The van der Waals surface area contributed by atoms with Gasteiger partial charge in [0.25, 0.3) is 5.91 Å². The summed E-state index contributed by atoms with van der Waals surface area (Å²) in [4.78, 5) is 41.1. The van der Waals surface area contributed by atoms with Crippen LogP contribution in [0.2, 0.25) is 0 Å². The van der Waals surface area contributed by atoms with Crippen LogP contribution in [0.4, 0.5) is 0 Å². The van der Waals surface area contributed by atoms with E-state index in [0.717, 1.165) is 32.4 Å². The minimum Gasteiger partial charge on any atom is -0.465 e. The summed E-state index contributed by atoms with van der Waals surface area (Å²) in [5.74, 6) is 0.0373. The highest BCUT2D eigenvalue weighted by Gasteiger charge is 2.39. The fraction of sp³-hybridized carbons (Fsp3) is 0.571. The molecule has 3 rings (SSSR count). The first-order valence-electron chi connectivity index (χ1n) is 9.70. The second-order valence-electron chi connectivity index (χ2n) is 7.77. The van der Waals surface area contributed by atoms with Crippen molar-refractivity contribution in [2.75, 3.05) is 26.7 Å². The molecule has 0 unspecified atom stereocenters. The highest BCUT2D eigenvalue weighted by atomic mass is 16.5. The third kappa shape index (κ3) is 3.99. The summed E-state index contributed by atoms with van der Waals surface area (Å²) in [6.45, 7) is 6.01. The summed E-state index contributed by atoms with van der Waals surface area (Å²) in [7, 11) is 1.33. The van der Waals surface area contributed by atoms with Crippen molar-refractivity contribution < 1.29 is 19.1 Å². The zero-order valence-electron chi connectivity index (χ0n) is 16.3. The van der Waals surface area contributed by atoms with Crippen molar-refractivity contribution in [1.82, 2.24) is 9.80 Å². The van der Waals surface area contributed by atoms with Gasteiger partial charge in [-0.2, -0.15) is 0 Å². The van der Waals surface area contributed by atoms with Crippen molar-refractivity contribution in [2.24, 2.45) is 11.8 Å². The predicted molar refractivity (Wildman–Crippen MR) is 101 cm³/mol. The molecule has 2 aliphatic rings. The third-order valence-corrected chi connectivity index (χ3v) is 5.67. The molecule has 0 spiro atoms. The predicted octanol–water partition coefficient (Wildman–Crippen LogP) is 2.58. The van der Waals surface area contributed by atoms with Crippen LogP contribution in [0.3, 0.4) is 0 Å². The second-order valence-corrected chi connectivity index (χ2v) is 7.77. The van der Waals surface area contributed by atoms with Gasteiger partial charge >= 0.3 is 5.97 Å². The molecule has 0 aromatic heterocycles. The number of fused-ring (bicyclic) bond motifs is 1. The number of hydrogen-bond acceptors (Lipinski definition) is 4. The fourth-order valence-corrected chi connectivity index (χ4v) is 4.28. The van der Waals surface area contributed by atoms with Gasteiger partial charge in [0, 0.05) is 37.2 Å². The lowest BCUT2D eigenvalue weighted by atomic mass is 9.83. The molecule has 0 aliphatic carbocycles. The van der Waals surface area contributed by atoms with Crippen LogP contribution in [0, 0.1) is 11.8 Å². The average molecular weight is 372 g/mol. The van der Waals surface area contributed by atoms with E-state index in [9.17, 15) is 14.4 Å². The van der Waals surface area contributed by atoms with E-state index >= 15 is 0 Å². The molecule has 146 valence electrons. The Morgan fingerprint density at radius 2 is 1.85 bits per heavy atom. The van der Waals surface area contributed by atoms with Gasteiger partial charge < -0.3 is 14.5 Å². The maximum Gasteiger partial charge on any atom is 0.337 e. The van der Waals surface area contributed by atoms with Crippen LogP contribution < -0.4 is 0 Å². The molecule has 0 bridgehead atoms. The smallest absolute Gasteiger partial charge is 0.337 e. The van der Waals surface area contributed by atoms with Crippen molar-refractivity contribution in [3.63, 3.8) is 0 Å². The van der Waals surface area contributed by atoms with Crippen LogP contribution in [-0.4, -0.2) is 60.4 Å². The number of methoxy groups -OCH3 is 1. The second kappa shape index (κ2) is 8.11. The van der Waals surface area contributed by atoms with Gasteiger partial charge in [0.05, 0.1) is 12.7 Å². The largest absolute Gasteiger partial charge is 0.465 e. The SMILES string of the molecule is COC(=O)c1cccc(C(=O)N2CCC[C@@H]3CN(C(=O)C(C)C)CC[C@H]32)c1. The van der Waals surface area contributed by atoms with Crippen LogP contribution in [-0.2, 0) is 9.53 Å². The molecule has 1 aromatic rings. The van der Waals surface area contributed by atoms with Crippen molar-refractivity contribution in [3.8, 4) is 0 Å². The van der Waals surface area contributed by atoms with E-state index in [4.69, 9.17) is 4.74 Å². The van der Waals surface area contributed by atoms with E-state index in [-0.39, 0.29) is 23.8 Å². The van der Waals surface area contributed by atoms with E-state index in [0.29, 0.717) is 23.6 Å². The summed E-state index contributed by atoms with van der Waals surface area (Å²) < 4.78 is 4.75. The Kier molecular flexibility index (Phi) is 5.82. The monoisotopic (exact) mass is 372 g/mol. The lowest BCUT2D eigenvalue weighted by Gasteiger charge is -2.47. The number of carbonyl (C=O) groups excluding carboxylic acids is 3. The van der Waals surface area contributed by atoms with Crippen molar-refractivity contribution in [1.29, 1.82) is 0 Å². The van der Waals surface area contributed by atoms with Crippen LogP contribution in [0.5, 0.6) is 0 Å². The van der Waals surface area contributed by atoms with Crippen LogP contribution in [0.1, 0.15) is 53.8 Å². The lowest BCUT2D eigenvalue weighted by molar-refractivity contribution is -0.137. The molecular formula is C21H28N2O4. The Morgan fingerprint density at radius 3 is 2.56 bits per heavy atom. The first-order valence-corrected chi connectivity index (χ1v) is 9.70. The Labute approximate surface area is 160 Å². The zero-order chi connectivity index (χ0) is 19.6. The van der Waals surface area contributed by atoms with Gasteiger partial charge in [0.15, 0.2) is 0 Å². The number of benzene rings is 1. The molecule has 6 nitrogen and oxygen atoms in total. The van der Waals surface area contributed by atoms with Gasteiger partial charge in [-0.05, 0) is 43.4 Å². The van der Waals surface area contributed by atoms with Gasteiger partial charge in [-0.1, -0.05) is 19.9 Å². The molecule has 27 heavy (non-hydrogen) atoms. The normalized spacial score (nSPS) is 22.4. The standard InChI is InChI=1S/C21H28N2O4/c1-14(2)19(24)22-11-9-18-17(13-22)8-5-10-23(18)20(25)15-6-4-7-16(12-15)21(26)27-3/h4,6-7,12,14,17-18H,5,8-11,13H2,1-3H3/t17-,18-/m1/s1. The van der Waals surface area contributed by atoms with E-state index in [1.54, 1.807) is 24.3 Å². The fourth-order valence-electron chi connectivity index (χ4n) is 4.28. The molecule has 2 atom stereocenters. The Morgan fingerprint density at radius 1 is 1.11 bits per heavy atom. The zero-order valence-corrected chi connectivity index (χ0v) is 16.3. The molecular weight excluding hydrogens is 344 g/mol. The Balaban J connectivity index is 1.75. The quantitative estimate of drug-likeness (QED) is 0.765. The summed E-state index contributed by atoms with van der Waals surface area (Å²) in [6.07, 6.45) is 2.79. The molecule has 2 fully saturated rings. The van der Waals surface area contributed by atoms with E-state index in [1.165, 1.54) is 7.11 Å². The highest BCUT2D eigenvalue weighted by Crippen LogP contribution is 2.32. The number of amides is 2. The molecule has 1 aromatic carbocycles. The number of likely N-dealkylation sites (tertiary alicyclic amines) is 2. The maximum absolute atomic E-state index is 13.1. The molecule has 0 saturated carbocycles. The van der Waals surface area contributed by atoms with E-state index in [2.05, 4.69) is 0 Å². The average Bonchev–Trinajstić information content (AvgIpc) is 2.71. The van der Waals surface area contributed by atoms with Crippen molar-refractivity contribution in [3.05, 3.63) is 35.4 Å². The number of ether oxygens (including phenoxy) is 1. The molecule has 0 radical (unpaired) electrons. The van der Waals surface area contributed by atoms with Crippen LogP contribution in [0.25, 0.3) is 0 Å². The minimum absolute atomic E-state index is 0.00365. The van der Waals surface area contributed by atoms with Gasteiger partial charge in [0.1, 0.15) is 0 Å². The molecule has 2 amide bonds. The summed E-state index contributed by atoms with van der Waals surface area (Å²) in [5, 5.41) is 0. The number of esters is 1. The van der Waals surface area contributed by atoms with Gasteiger partial charge in [-0.25, -0.2) is 4.79 Å². The van der Waals surface area contributed by atoms with E-state index < -0.39 is 5.97 Å². The lowest BCUT2D eigenvalue weighted by Crippen LogP contribution is -2.57. The minimum atomic E-state index is -0.443. The summed E-state index contributed by atoms with van der Waals surface area (Å²) in [5.41, 5.74) is 0.897. The number of carbonyl (C=O) groups is 3.